The molecule has 0 aliphatic carbocycles. The summed E-state index contributed by atoms with van der Waals surface area (Å²) in [5.74, 6) is 0. The molecular weight excluding hydrogens is 266 g/mol. The summed E-state index contributed by atoms with van der Waals surface area (Å²) in [4.78, 5) is 0. The SMILES string of the molecule is CC.CCOC.COCOCCN(O)CCOCOC. The Hall–Kier alpha value is -0.280. The molecule has 0 saturated carbocycles. The smallest absolute Gasteiger partial charge is 0.146 e. The second-order valence-electron chi connectivity index (χ2n) is 3.16. The van der Waals surface area contributed by atoms with E-state index >= 15 is 0 Å². The van der Waals surface area contributed by atoms with E-state index in [0.29, 0.717) is 26.3 Å². The van der Waals surface area contributed by atoms with Crippen LogP contribution < -0.4 is 0 Å². The van der Waals surface area contributed by atoms with Gasteiger partial charge < -0.3 is 28.9 Å². The highest BCUT2D eigenvalue weighted by atomic mass is 16.7. The molecule has 0 aliphatic heterocycles. The van der Waals surface area contributed by atoms with Crippen LogP contribution in [0.2, 0.25) is 0 Å². The van der Waals surface area contributed by atoms with Crippen LogP contribution in [0.25, 0.3) is 0 Å². The van der Waals surface area contributed by atoms with Gasteiger partial charge in [-0.05, 0) is 6.92 Å². The molecule has 0 rings (SSSR count). The first-order valence-corrected chi connectivity index (χ1v) is 6.79. The molecule has 0 radical (unpaired) electrons. The molecule has 1 N–H and O–H groups in total. The number of ether oxygens (including phenoxy) is 5. The Morgan fingerprint density at radius 1 is 0.800 bits per heavy atom. The third-order valence-corrected chi connectivity index (χ3v) is 1.68. The average Bonchev–Trinajstić information content (AvgIpc) is 2.50. The Labute approximate surface area is 123 Å². The van der Waals surface area contributed by atoms with Crippen molar-refractivity contribution >= 4 is 0 Å². The summed E-state index contributed by atoms with van der Waals surface area (Å²) in [5, 5.41) is 10.4. The van der Waals surface area contributed by atoms with Crippen LogP contribution in [-0.4, -0.2) is 78.1 Å². The molecule has 0 heterocycles. The number of hydroxylamine groups is 2. The summed E-state index contributed by atoms with van der Waals surface area (Å²) in [6.45, 7) is 8.98. The Morgan fingerprint density at radius 2 is 1.15 bits per heavy atom. The van der Waals surface area contributed by atoms with Crippen molar-refractivity contribution in [3.8, 4) is 0 Å². The van der Waals surface area contributed by atoms with Crippen LogP contribution in [0, 0.1) is 0 Å². The van der Waals surface area contributed by atoms with E-state index in [1.165, 1.54) is 0 Å². The first kappa shape index (κ1) is 24.7. The van der Waals surface area contributed by atoms with Crippen LogP contribution in [0.5, 0.6) is 0 Å². The molecule has 126 valence electrons. The van der Waals surface area contributed by atoms with Crippen LogP contribution in [0.1, 0.15) is 20.8 Å². The van der Waals surface area contributed by atoms with E-state index in [2.05, 4.69) is 14.2 Å². The highest BCUT2D eigenvalue weighted by molar-refractivity contribution is 4.42. The van der Waals surface area contributed by atoms with Gasteiger partial charge >= 0.3 is 0 Å². The van der Waals surface area contributed by atoms with E-state index in [0.717, 1.165) is 11.7 Å². The monoisotopic (exact) mass is 299 g/mol. The molecule has 0 aliphatic rings. The third kappa shape index (κ3) is 30.6. The lowest BCUT2D eigenvalue weighted by Gasteiger charge is -2.14. The molecule has 0 bridgehead atoms. The molecule has 0 saturated heterocycles. The number of hydrogen-bond acceptors (Lipinski definition) is 7. The van der Waals surface area contributed by atoms with E-state index in [1.807, 2.05) is 20.8 Å². The average molecular weight is 299 g/mol. The number of hydrogen-bond donors (Lipinski definition) is 1. The zero-order valence-electron chi connectivity index (χ0n) is 13.9. The Bertz CT molecular complexity index is 126. The summed E-state index contributed by atoms with van der Waals surface area (Å²) < 4.78 is 23.9. The van der Waals surface area contributed by atoms with E-state index in [4.69, 9.17) is 9.47 Å². The van der Waals surface area contributed by atoms with E-state index in [1.54, 1.807) is 21.3 Å². The van der Waals surface area contributed by atoms with Crippen molar-refractivity contribution in [3.63, 3.8) is 0 Å². The third-order valence-electron chi connectivity index (χ3n) is 1.68. The van der Waals surface area contributed by atoms with Gasteiger partial charge in [0.2, 0.25) is 0 Å². The van der Waals surface area contributed by atoms with Gasteiger partial charge in [0.25, 0.3) is 0 Å². The van der Waals surface area contributed by atoms with E-state index in [-0.39, 0.29) is 13.6 Å². The first-order chi connectivity index (χ1) is 9.72. The van der Waals surface area contributed by atoms with Crippen LogP contribution >= 0.6 is 0 Å². The Morgan fingerprint density at radius 3 is 1.40 bits per heavy atom. The predicted molar refractivity (Wildman–Crippen MR) is 77.9 cm³/mol. The zero-order chi connectivity index (χ0) is 16.1. The summed E-state index contributed by atoms with van der Waals surface area (Å²) in [6, 6.07) is 0. The van der Waals surface area contributed by atoms with Crippen molar-refractivity contribution in [3.05, 3.63) is 0 Å². The number of rotatable bonds is 11. The summed E-state index contributed by atoms with van der Waals surface area (Å²) >= 11 is 0. The van der Waals surface area contributed by atoms with Crippen molar-refractivity contribution < 1.29 is 28.9 Å². The van der Waals surface area contributed by atoms with Crippen LogP contribution in [0.15, 0.2) is 0 Å². The fraction of sp³-hybridized carbons (Fsp3) is 1.00. The fourth-order valence-electron chi connectivity index (χ4n) is 0.736. The lowest BCUT2D eigenvalue weighted by molar-refractivity contribution is -0.135. The van der Waals surface area contributed by atoms with Gasteiger partial charge in [0, 0.05) is 41.0 Å². The highest BCUT2D eigenvalue weighted by Crippen LogP contribution is 1.85. The van der Waals surface area contributed by atoms with Gasteiger partial charge in [-0.1, -0.05) is 13.8 Å². The minimum Gasteiger partial charge on any atom is -0.385 e. The topological polar surface area (TPSA) is 69.6 Å². The maximum absolute atomic E-state index is 9.24. The molecule has 0 atom stereocenters. The fourth-order valence-corrected chi connectivity index (χ4v) is 0.736. The minimum absolute atomic E-state index is 0.244. The van der Waals surface area contributed by atoms with Crippen LogP contribution in [0.3, 0.4) is 0 Å². The standard InChI is InChI=1S/C8H19NO5.C3H8O.C2H6/c1-11-7-13-5-3-9(10)4-6-14-8-12-2;1-3-4-2;1-2/h10H,3-8H2,1-2H3;3H2,1-2H3;1-2H3. The zero-order valence-corrected chi connectivity index (χ0v) is 13.9. The highest BCUT2D eigenvalue weighted by Gasteiger charge is 1.99. The molecule has 0 fully saturated rings. The second kappa shape index (κ2) is 27.1. The predicted octanol–water partition coefficient (Wildman–Crippen LogP) is 1.60. The van der Waals surface area contributed by atoms with Crippen molar-refractivity contribution in [2.45, 2.75) is 20.8 Å². The first-order valence-electron chi connectivity index (χ1n) is 6.79. The van der Waals surface area contributed by atoms with Crippen molar-refractivity contribution in [1.82, 2.24) is 5.06 Å². The van der Waals surface area contributed by atoms with Gasteiger partial charge in [0.05, 0.1) is 13.2 Å². The van der Waals surface area contributed by atoms with Gasteiger partial charge in [0.15, 0.2) is 0 Å². The van der Waals surface area contributed by atoms with Gasteiger partial charge in [0.1, 0.15) is 13.6 Å². The van der Waals surface area contributed by atoms with Gasteiger partial charge in [-0.2, -0.15) is 5.06 Å². The molecule has 0 aromatic rings. The summed E-state index contributed by atoms with van der Waals surface area (Å²) in [6.07, 6.45) is 0. The normalized spacial score (nSPS) is 9.60. The molecule has 0 amide bonds. The maximum Gasteiger partial charge on any atom is 0.146 e. The van der Waals surface area contributed by atoms with Crippen LogP contribution in [0.4, 0.5) is 0 Å². The van der Waals surface area contributed by atoms with Crippen LogP contribution in [-0.2, 0) is 23.7 Å². The quantitative estimate of drug-likeness (QED) is 0.353. The van der Waals surface area contributed by atoms with Gasteiger partial charge in [-0.3, -0.25) is 0 Å². The second-order valence-corrected chi connectivity index (χ2v) is 3.16. The molecule has 20 heavy (non-hydrogen) atoms. The number of nitrogens with zero attached hydrogens (tertiary/aromatic N) is 1. The summed E-state index contributed by atoms with van der Waals surface area (Å²) in [7, 11) is 4.78. The lowest BCUT2D eigenvalue weighted by atomic mass is 10.6. The molecule has 7 heteroatoms. The molecule has 0 unspecified atom stereocenters. The molecular formula is C13H33NO6. The van der Waals surface area contributed by atoms with Crippen molar-refractivity contribution in [1.29, 1.82) is 0 Å². The van der Waals surface area contributed by atoms with Gasteiger partial charge in [-0.15, -0.1) is 0 Å². The molecule has 7 nitrogen and oxygen atoms in total. The summed E-state index contributed by atoms with van der Waals surface area (Å²) in [5.41, 5.74) is 0. The van der Waals surface area contributed by atoms with Crippen molar-refractivity contribution in [2.75, 3.05) is 67.8 Å². The maximum atomic E-state index is 9.24. The Kier molecular flexibility index (Phi) is 33.5. The largest absolute Gasteiger partial charge is 0.385 e. The van der Waals surface area contributed by atoms with E-state index < -0.39 is 0 Å². The van der Waals surface area contributed by atoms with E-state index in [9.17, 15) is 5.21 Å². The minimum atomic E-state index is 0.244. The lowest BCUT2D eigenvalue weighted by Crippen LogP contribution is -2.28. The molecule has 0 aromatic heterocycles. The number of methoxy groups -OCH3 is 3. The van der Waals surface area contributed by atoms with Crippen molar-refractivity contribution in [2.24, 2.45) is 0 Å². The molecule has 0 aromatic carbocycles. The Balaban J connectivity index is -0.000000410. The molecule has 0 spiro atoms. The van der Waals surface area contributed by atoms with Gasteiger partial charge in [-0.25, -0.2) is 0 Å².